The molecule has 0 unspecified atom stereocenters. The average Bonchev–Trinajstić information content (AvgIpc) is 2.90. The van der Waals surface area contributed by atoms with Gasteiger partial charge >= 0.3 is 6.18 Å². The lowest BCUT2D eigenvalue weighted by Gasteiger charge is -2.27. The summed E-state index contributed by atoms with van der Waals surface area (Å²) in [6.07, 6.45) is 1.86. The molecule has 0 atom stereocenters. The van der Waals surface area contributed by atoms with E-state index < -0.39 is 29.2 Å². The van der Waals surface area contributed by atoms with Gasteiger partial charge in [0.15, 0.2) is 0 Å². The summed E-state index contributed by atoms with van der Waals surface area (Å²) in [7, 11) is 3.42. The van der Waals surface area contributed by atoms with Crippen molar-refractivity contribution in [2.75, 3.05) is 19.0 Å². The Labute approximate surface area is 228 Å². The number of aromatic nitrogens is 1. The molecular formula is C29H27F6N5. The Morgan fingerprint density at radius 1 is 0.950 bits per heavy atom. The second-order valence-corrected chi connectivity index (χ2v) is 8.70. The van der Waals surface area contributed by atoms with Crippen LogP contribution in [0, 0.1) is 17.5 Å². The zero-order chi connectivity index (χ0) is 29.4. The number of nitrogens with zero attached hydrogens (tertiary/aromatic N) is 5. The predicted octanol–water partition coefficient (Wildman–Crippen LogP) is 7.08. The van der Waals surface area contributed by atoms with Gasteiger partial charge in [0.1, 0.15) is 17.5 Å². The normalized spacial score (nSPS) is 13.1. The highest BCUT2D eigenvalue weighted by Gasteiger charge is 2.34. The SMILES string of the molecule is C=C1N=CN(Cc2c(F)cc(F)cc2F)c2ccc(Cc3ncc(CC)cc3C(F)(F)F)cc21.CN=CC=NC. The van der Waals surface area contributed by atoms with Crippen LogP contribution in [-0.4, -0.2) is 37.8 Å². The third-order valence-electron chi connectivity index (χ3n) is 5.95. The minimum Gasteiger partial charge on any atom is -0.327 e. The van der Waals surface area contributed by atoms with Crippen molar-refractivity contribution in [3.8, 4) is 0 Å². The molecule has 0 aliphatic carbocycles. The molecule has 40 heavy (non-hydrogen) atoms. The number of halogens is 6. The minimum absolute atomic E-state index is 0.0790. The molecule has 3 aromatic rings. The van der Waals surface area contributed by atoms with E-state index in [9.17, 15) is 26.3 Å². The molecule has 1 aromatic heterocycles. The molecule has 1 aliphatic rings. The smallest absolute Gasteiger partial charge is 0.327 e. The van der Waals surface area contributed by atoms with Crippen LogP contribution in [0.5, 0.6) is 0 Å². The Morgan fingerprint density at radius 3 is 2.17 bits per heavy atom. The lowest BCUT2D eigenvalue weighted by Crippen LogP contribution is -2.25. The van der Waals surface area contributed by atoms with Gasteiger partial charge < -0.3 is 4.90 Å². The van der Waals surface area contributed by atoms with Crippen LogP contribution in [-0.2, 0) is 25.6 Å². The number of pyridine rings is 1. The first-order chi connectivity index (χ1) is 19.0. The summed E-state index contributed by atoms with van der Waals surface area (Å²) >= 11 is 0. The molecule has 0 N–H and O–H groups in total. The highest BCUT2D eigenvalue weighted by atomic mass is 19.4. The largest absolute Gasteiger partial charge is 0.418 e. The molecule has 2 aromatic carbocycles. The summed E-state index contributed by atoms with van der Waals surface area (Å²) in [6, 6.07) is 7.17. The fraction of sp³-hybridized carbons (Fsp3) is 0.241. The van der Waals surface area contributed by atoms with Crippen molar-refractivity contribution in [3.63, 3.8) is 0 Å². The van der Waals surface area contributed by atoms with Gasteiger partial charge in [-0.25, -0.2) is 18.2 Å². The lowest BCUT2D eigenvalue weighted by molar-refractivity contribution is -0.138. The van der Waals surface area contributed by atoms with Crippen molar-refractivity contribution in [1.82, 2.24) is 4.98 Å². The van der Waals surface area contributed by atoms with Crippen molar-refractivity contribution in [2.45, 2.75) is 32.5 Å². The first-order valence-corrected chi connectivity index (χ1v) is 12.1. The summed E-state index contributed by atoms with van der Waals surface area (Å²) in [4.78, 5) is 17.0. The molecule has 0 saturated carbocycles. The Morgan fingerprint density at radius 2 is 1.60 bits per heavy atom. The molecular weight excluding hydrogens is 532 g/mol. The molecule has 2 heterocycles. The topological polar surface area (TPSA) is 53.2 Å². The quantitative estimate of drug-likeness (QED) is 0.240. The van der Waals surface area contributed by atoms with Gasteiger partial charge in [-0.05, 0) is 35.7 Å². The number of aliphatic imine (C=N–C) groups is 3. The second-order valence-electron chi connectivity index (χ2n) is 8.70. The molecule has 5 nitrogen and oxygen atoms in total. The number of aryl methyl sites for hydroxylation is 1. The summed E-state index contributed by atoms with van der Waals surface area (Å²) in [5, 5.41) is 0. The van der Waals surface area contributed by atoms with Crippen molar-refractivity contribution in [2.24, 2.45) is 15.0 Å². The first kappa shape index (κ1) is 30.3. The Kier molecular flexibility index (Phi) is 9.98. The third-order valence-corrected chi connectivity index (χ3v) is 5.95. The molecule has 4 rings (SSSR count). The second kappa shape index (κ2) is 13.2. The van der Waals surface area contributed by atoms with Gasteiger partial charge in [-0.2, -0.15) is 13.2 Å². The van der Waals surface area contributed by atoms with Crippen LogP contribution in [0.3, 0.4) is 0 Å². The van der Waals surface area contributed by atoms with E-state index in [1.165, 1.54) is 17.4 Å². The fourth-order valence-electron chi connectivity index (χ4n) is 3.91. The van der Waals surface area contributed by atoms with Crippen LogP contribution in [0.25, 0.3) is 5.70 Å². The van der Waals surface area contributed by atoms with Gasteiger partial charge in [-0.3, -0.25) is 15.0 Å². The van der Waals surface area contributed by atoms with Gasteiger partial charge in [0.05, 0.1) is 35.5 Å². The zero-order valence-electron chi connectivity index (χ0n) is 22.1. The van der Waals surface area contributed by atoms with Gasteiger partial charge in [-0.1, -0.05) is 19.6 Å². The number of benzene rings is 2. The Hall–Kier alpha value is -4.28. The summed E-state index contributed by atoms with van der Waals surface area (Å²) in [5.41, 5.74) is 1.15. The van der Waals surface area contributed by atoms with E-state index in [1.807, 2.05) is 0 Å². The van der Waals surface area contributed by atoms with Crippen LogP contribution in [0.15, 0.2) is 64.2 Å². The van der Waals surface area contributed by atoms with Gasteiger partial charge in [0.2, 0.25) is 0 Å². The number of alkyl halides is 3. The molecule has 0 saturated heterocycles. The van der Waals surface area contributed by atoms with Crippen molar-refractivity contribution < 1.29 is 26.3 Å². The molecule has 210 valence electrons. The molecule has 0 fully saturated rings. The highest BCUT2D eigenvalue weighted by Crippen LogP contribution is 2.36. The zero-order valence-corrected chi connectivity index (χ0v) is 22.1. The number of anilines is 1. The Bertz CT molecular complexity index is 1430. The van der Waals surface area contributed by atoms with E-state index >= 15 is 0 Å². The van der Waals surface area contributed by atoms with Crippen LogP contribution in [0.4, 0.5) is 32.0 Å². The van der Waals surface area contributed by atoms with Crippen molar-refractivity contribution in [3.05, 3.63) is 100 Å². The maximum Gasteiger partial charge on any atom is 0.418 e. The number of hydrogen-bond donors (Lipinski definition) is 0. The molecule has 1 aliphatic heterocycles. The summed E-state index contributed by atoms with van der Waals surface area (Å²) in [5.74, 6) is -3.09. The number of rotatable bonds is 6. The molecule has 0 bridgehead atoms. The predicted molar refractivity (Wildman–Crippen MR) is 147 cm³/mol. The van der Waals surface area contributed by atoms with Gasteiger partial charge in [-0.15, -0.1) is 0 Å². The standard InChI is InChI=1S/C25H19F6N3.C4H8N2/c1-3-15-7-20(25(29,30)31)23(32-11-15)8-16-4-5-24-18(6-16)14(2)33-13-34(24)12-19-21(27)9-17(26)10-22(19)28;1-5-3-4-6-2/h4-7,9-11,13H,2-3,8,12H2,1H3;3-4H,1-2H3. The lowest BCUT2D eigenvalue weighted by atomic mass is 9.98. The van der Waals surface area contributed by atoms with E-state index in [2.05, 4.69) is 26.5 Å². The minimum atomic E-state index is -4.55. The maximum atomic E-state index is 14.1. The van der Waals surface area contributed by atoms with Gasteiger partial charge in [0.25, 0.3) is 0 Å². The van der Waals surface area contributed by atoms with Crippen LogP contribution >= 0.6 is 0 Å². The monoisotopic (exact) mass is 559 g/mol. The highest BCUT2D eigenvalue weighted by molar-refractivity contribution is 6.15. The van der Waals surface area contributed by atoms with E-state index in [1.54, 1.807) is 51.6 Å². The Balaban J connectivity index is 0.000000663. The third kappa shape index (κ3) is 7.43. The average molecular weight is 560 g/mol. The van der Waals surface area contributed by atoms with Crippen LogP contribution < -0.4 is 4.90 Å². The van der Waals surface area contributed by atoms with Crippen LogP contribution in [0.2, 0.25) is 0 Å². The first-order valence-electron chi connectivity index (χ1n) is 12.1. The van der Waals surface area contributed by atoms with E-state index in [0.717, 1.165) is 6.07 Å². The van der Waals surface area contributed by atoms with Crippen molar-refractivity contribution >= 4 is 30.2 Å². The molecule has 0 amide bonds. The number of hydrogen-bond acceptors (Lipinski definition) is 5. The summed E-state index contributed by atoms with van der Waals surface area (Å²) < 4.78 is 82.3. The summed E-state index contributed by atoms with van der Waals surface area (Å²) in [6.45, 7) is 5.34. The molecule has 0 radical (unpaired) electrons. The molecule has 0 spiro atoms. The van der Waals surface area contributed by atoms with E-state index in [-0.39, 0.29) is 24.2 Å². The van der Waals surface area contributed by atoms with Crippen molar-refractivity contribution in [1.29, 1.82) is 0 Å². The number of fused-ring (bicyclic) bond motifs is 1. The fourth-order valence-corrected chi connectivity index (χ4v) is 3.91. The van der Waals surface area contributed by atoms with E-state index in [0.29, 0.717) is 46.6 Å². The van der Waals surface area contributed by atoms with Crippen LogP contribution in [0.1, 0.15) is 40.4 Å². The van der Waals surface area contributed by atoms with E-state index in [4.69, 9.17) is 0 Å². The van der Waals surface area contributed by atoms with Gasteiger partial charge in [0, 0.05) is 62.4 Å². The molecule has 11 heteroatoms. The maximum absolute atomic E-state index is 14.1.